The van der Waals surface area contributed by atoms with Crippen LogP contribution >= 0.6 is 24.8 Å². The maximum absolute atomic E-state index is 4.35. The third kappa shape index (κ3) is 85.4. The van der Waals surface area contributed by atoms with E-state index in [0.717, 1.165) is 0 Å². The highest BCUT2D eigenvalue weighted by Gasteiger charge is 1.30. The van der Waals surface area contributed by atoms with Crippen molar-refractivity contribution in [2.45, 2.75) is 0 Å². The smallest absolute Gasteiger partial charge is 0.282 e. The van der Waals surface area contributed by atoms with Gasteiger partial charge >= 0.3 is 0 Å². The molecule has 0 amide bonds. The molecule has 0 aliphatic carbocycles. The van der Waals surface area contributed by atoms with Crippen LogP contribution in [0.3, 0.4) is 0 Å². The second-order valence-corrected chi connectivity index (χ2v) is 0.236. The Bertz CT molecular complexity index is 9.61. The lowest BCUT2D eigenvalue weighted by Crippen LogP contribution is -1.60. The Kier molecular flexibility index (Phi) is 81.4. The van der Waals surface area contributed by atoms with Crippen LogP contribution in [0, 0.1) is 0 Å². The molecule has 0 aromatic heterocycles. The summed E-state index contributed by atoms with van der Waals surface area (Å²) in [4.78, 5) is 0. The van der Waals surface area contributed by atoms with Gasteiger partial charge in [-0.15, -0.1) is 24.8 Å². The predicted molar refractivity (Wildman–Crippen MR) is 27.3 cm³/mol. The lowest BCUT2D eigenvalue weighted by Gasteiger charge is -1.60. The van der Waals surface area contributed by atoms with Crippen molar-refractivity contribution in [3.63, 3.8) is 0 Å². The van der Waals surface area contributed by atoms with Gasteiger partial charge in [0.1, 0.15) is 0 Å². The summed E-state index contributed by atoms with van der Waals surface area (Å²) < 4.78 is 3.75. The summed E-state index contributed by atoms with van der Waals surface area (Å²) >= 11 is 0. The van der Waals surface area contributed by atoms with E-state index >= 15 is 0 Å². The Morgan fingerprint density at radius 2 is 1.40 bits per heavy atom. The van der Waals surface area contributed by atoms with E-state index in [0.29, 0.717) is 0 Å². The molecule has 0 fully saturated rings. The summed E-state index contributed by atoms with van der Waals surface area (Å²) in [7, 11) is 5.75. The van der Waals surface area contributed by atoms with Crippen molar-refractivity contribution >= 4 is 32.9 Å². The van der Waals surface area contributed by atoms with Crippen LogP contribution < -0.4 is 0 Å². The minimum Gasteiger partial charge on any atom is -0.450 e. The first-order valence-corrected chi connectivity index (χ1v) is 0.644. The summed E-state index contributed by atoms with van der Waals surface area (Å²) in [6, 6.07) is 0. The van der Waals surface area contributed by atoms with Crippen molar-refractivity contribution in [3.8, 4) is 0 Å². The summed E-state index contributed by atoms with van der Waals surface area (Å²) in [5.74, 6) is 0. The molecule has 0 aliphatic heterocycles. The average Bonchev–Trinajstić information content (AvgIpc) is 0.918. The van der Waals surface area contributed by atoms with E-state index < -0.39 is 0 Å². The van der Waals surface area contributed by atoms with Gasteiger partial charge in [0.2, 0.25) is 0 Å². The van der Waals surface area contributed by atoms with Crippen molar-refractivity contribution in [1.82, 2.24) is 0 Å². The van der Waals surface area contributed by atoms with Crippen molar-refractivity contribution in [2.75, 3.05) is 7.11 Å². The minimum atomic E-state index is 0. The standard InChI is InChI=1S/CH3BO.2ClH/c1-3-2;;/h1H3;2*1H. The lowest BCUT2D eigenvalue weighted by molar-refractivity contribution is 0.460. The van der Waals surface area contributed by atoms with Crippen LogP contribution in [-0.4, -0.2) is 15.2 Å². The zero-order valence-electron chi connectivity index (χ0n) is 2.80. The molecule has 0 spiro atoms. The van der Waals surface area contributed by atoms with Gasteiger partial charge in [-0.3, -0.25) is 0 Å². The van der Waals surface area contributed by atoms with Crippen LogP contribution in [0.2, 0.25) is 0 Å². The van der Waals surface area contributed by atoms with E-state index in [2.05, 4.69) is 12.7 Å². The van der Waals surface area contributed by atoms with E-state index in [-0.39, 0.29) is 24.8 Å². The fourth-order valence-corrected chi connectivity index (χ4v) is 0. The van der Waals surface area contributed by atoms with Gasteiger partial charge in [0.25, 0.3) is 8.05 Å². The molecule has 0 heterocycles. The average molecular weight is 115 g/mol. The summed E-state index contributed by atoms with van der Waals surface area (Å²) in [5.41, 5.74) is 0. The predicted octanol–water partition coefficient (Wildman–Crippen LogP) is 0.560. The minimum absolute atomic E-state index is 0. The Hall–Kier alpha value is 0.605. The molecule has 5 heavy (non-hydrogen) atoms. The molecule has 32 valence electrons. The molecule has 0 aromatic carbocycles. The molecular weight excluding hydrogens is 110 g/mol. The van der Waals surface area contributed by atoms with Crippen LogP contribution in [0.4, 0.5) is 0 Å². The van der Waals surface area contributed by atoms with Gasteiger partial charge in [0.15, 0.2) is 0 Å². The fraction of sp³-hybridized carbons (Fsp3) is 1.00. The maximum Gasteiger partial charge on any atom is 0.282 e. The van der Waals surface area contributed by atoms with Gasteiger partial charge in [-0.1, -0.05) is 0 Å². The topological polar surface area (TPSA) is 9.23 Å². The molecule has 4 heteroatoms. The van der Waals surface area contributed by atoms with Gasteiger partial charge in [-0.05, 0) is 0 Å². The van der Waals surface area contributed by atoms with E-state index in [4.69, 9.17) is 0 Å². The van der Waals surface area contributed by atoms with Gasteiger partial charge in [-0.25, -0.2) is 0 Å². The molecule has 0 saturated heterocycles. The van der Waals surface area contributed by atoms with Gasteiger partial charge in [0.05, 0.1) is 0 Å². The van der Waals surface area contributed by atoms with Crippen LogP contribution in [0.5, 0.6) is 0 Å². The van der Waals surface area contributed by atoms with E-state index in [1.54, 1.807) is 0 Å². The Morgan fingerprint density at radius 1 is 1.40 bits per heavy atom. The summed E-state index contributed by atoms with van der Waals surface area (Å²) in [6.07, 6.45) is 0. The van der Waals surface area contributed by atoms with Crippen LogP contribution in [0.1, 0.15) is 0 Å². The molecule has 2 radical (unpaired) electrons. The molecule has 0 saturated carbocycles. The van der Waals surface area contributed by atoms with E-state index in [1.807, 2.05) is 0 Å². The molecule has 0 aromatic rings. The first-order chi connectivity index (χ1) is 1.41. The molecule has 0 rings (SSSR count). The summed E-state index contributed by atoms with van der Waals surface area (Å²) in [5, 5.41) is 0. The molecular formula is CH5BCl2O. The first kappa shape index (κ1) is 17.5. The zero-order valence-corrected chi connectivity index (χ0v) is 4.44. The fourth-order valence-electron chi connectivity index (χ4n) is 0. The number of rotatable bonds is 0. The van der Waals surface area contributed by atoms with Crippen molar-refractivity contribution in [3.05, 3.63) is 0 Å². The van der Waals surface area contributed by atoms with Gasteiger partial charge in [0, 0.05) is 7.11 Å². The molecule has 0 atom stereocenters. The third-order valence-corrected chi connectivity index (χ3v) is 0. The number of halogens is 2. The zero-order chi connectivity index (χ0) is 2.71. The Balaban J connectivity index is -0.0000000200. The second kappa shape index (κ2) is 23.2. The molecule has 0 aliphatic rings. The number of hydrogen-bond acceptors (Lipinski definition) is 1. The maximum atomic E-state index is 4.35. The van der Waals surface area contributed by atoms with Crippen molar-refractivity contribution in [2.24, 2.45) is 0 Å². The lowest BCUT2D eigenvalue weighted by atomic mass is 10.6. The van der Waals surface area contributed by atoms with E-state index in [1.165, 1.54) is 7.11 Å². The van der Waals surface area contributed by atoms with Gasteiger partial charge in [-0.2, -0.15) is 0 Å². The second-order valence-electron chi connectivity index (χ2n) is 0.236. The normalized spacial score (nSPS) is 3.40. The van der Waals surface area contributed by atoms with E-state index in [9.17, 15) is 0 Å². The molecule has 0 bridgehead atoms. The Labute approximate surface area is 45.3 Å². The van der Waals surface area contributed by atoms with Crippen LogP contribution in [0.15, 0.2) is 0 Å². The molecule has 0 unspecified atom stereocenters. The SMILES string of the molecule is Cl.Cl.[B]OC. The van der Waals surface area contributed by atoms with Gasteiger partial charge < -0.3 is 4.65 Å². The largest absolute Gasteiger partial charge is 0.450 e. The highest BCUT2D eigenvalue weighted by Crippen LogP contribution is 1.24. The van der Waals surface area contributed by atoms with Crippen molar-refractivity contribution in [1.29, 1.82) is 0 Å². The highest BCUT2D eigenvalue weighted by molar-refractivity contribution is 5.97. The van der Waals surface area contributed by atoms with Crippen LogP contribution in [0.25, 0.3) is 0 Å². The first-order valence-electron chi connectivity index (χ1n) is 0.644. The third-order valence-electron chi connectivity index (χ3n) is 0. The summed E-state index contributed by atoms with van der Waals surface area (Å²) in [6.45, 7) is 0. The molecule has 1 nitrogen and oxygen atoms in total. The van der Waals surface area contributed by atoms with Crippen LogP contribution in [-0.2, 0) is 4.65 Å². The van der Waals surface area contributed by atoms with Crippen molar-refractivity contribution < 1.29 is 4.65 Å². The quantitative estimate of drug-likeness (QED) is 0.419. The molecule has 0 N–H and O–H groups in total. The Morgan fingerprint density at radius 3 is 1.40 bits per heavy atom. The number of hydrogen-bond donors (Lipinski definition) is 0. The highest BCUT2D eigenvalue weighted by atomic mass is 35.5. The monoisotopic (exact) mass is 114 g/mol.